The van der Waals surface area contributed by atoms with Crippen LogP contribution in [0, 0.1) is 6.20 Å². The van der Waals surface area contributed by atoms with Crippen molar-refractivity contribution in [1.82, 2.24) is 20.0 Å². The third-order valence-electron chi connectivity index (χ3n) is 2.27. The number of nitrogens with zero attached hydrogens (tertiary/aromatic N) is 3. The van der Waals surface area contributed by atoms with Gasteiger partial charge in [-0.15, -0.1) is 0 Å². The summed E-state index contributed by atoms with van der Waals surface area (Å²) >= 11 is 0. The van der Waals surface area contributed by atoms with Crippen molar-refractivity contribution in [2.24, 2.45) is 0 Å². The van der Waals surface area contributed by atoms with Gasteiger partial charge in [-0.1, -0.05) is 6.20 Å². The molecule has 2 aromatic rings. The van der Waals surface area contributed by atoms with E-state index in [4.69, 9.17) is 15.8 Å². The Balaban J connectivity index is 0.00000180. The fourth-order valence-electron chi connectivity index (χ4n) is 1.50. The number of pyridine rings is 1. The van der Waals surface area contributed by atoms with Crippen LogP contribution in [-0.4, -0.2) is 43.0 Å². The van der Waals surface area contributed by atoms with Crippen molar-refractivity contribution in [3.8, 4) is 0 Å². The number of aromatic nitrogens is 3. The Kier molecular flexibility index (Phi) is 5.94. The van der Waals surface area contributed by atoms with E-state index in [1.54, 1.807) is 6.92 Å². The Labute approximate surface area is 154 Å². The van der Waals surface area contributed by atoms with E-state index in [0.29, 0.717) is 11.1 Å². The number of rotatable bonds is 2. The minimum Gasteiger partial charge on any atom is -0.384 e. The largest absolute Gasteiger partial charge is 1.00 e. The van der Waals surface area contributed by atoms with Crippen molar-refractivity contribution in [2.75, 3.05) is 6.54 Å². The molecule has 19 heavy (non-hydrogen) atoms. The summed E-state index contributed by atoms with van der Waals surface area (Å²) in [6, 6.07) is 1.36. The molecule has 2 heterocycles. The van der Waals surface area contributed by atoms with Gasteiger partial charge in [0.15, 0.2) is 0 Å². The summed E-state index contributed by atoms with van der Waals surface area (Å²) in [4.78, 5) is 27.4. The minimum absolute atomic E-state index is 0. The molecule has 0 aliphatic heterocycles. The molecule has 0 saturated carbocycles. The summed E-state index contributed by atoms with van der Waals surface area (Å²) in [6.45, 7) is 2.18. The van der Waals surface area contributed by atoms with E-state index in [2.05, 4.69) is 21.6 Å². The number of carbonyl (C=O) groups is 1. The van der Waals surface area contributed by atoms with E-state index in [0.717, 1.165) is 0 Å². The van der Waals surface area contributed by atoms with Gasteiger partial charge in [-0.25, -0.2) is 0 Å². The molecule has 0 bridgehead atoms. The first-order valence-electron chi connectivity index (χ1n) is 5.19. The summed E-state index contributed by atoms with van der Waals surface area (Å²) in [5.41, 5.74) is -0.300. The number of hydrogen-bond donors (Lipinski definition) is 1. The van der Waals surface area contributed by atoms with Crippen LogP contribution >= 0.6 is 0 Å². The van der Waals surface area contributed by atoms with Gasteiger partial charge in [0, 0.05) is 6.54 Å². The van der Waals surface area contributed by atoms with Crippen LogP contribution < -0.4 is 67.7 Å². The molecule has 0 aliphatic rings. The van der Waals surface area contributed by atoms with Gasteiger partial charge in [0.2, 0.25) is 5.56 Å². The standard InChI is InChI=1S/C10H7B2N4O2.K/c1-2-13-9(17)8-7-6(3-5(11)4-14-7)10(18)16(12)15-8;/h3H,2H2,1H3,(H,13,17);/q-1;+1. The summed E-state index contributed by atoms with van der Waals surface area (Å²) < 4.78 is 0.591. The van der Waals surface area contributed by atoms with Gasteiger partial charge in [-0.05, 0) is 17.8 Å². The summed E-state index contributed by atoms with van der Waals surface area (Å²) in [5, 5.41) is 6.38. The summed E-state index contributed by atoms with van der Waals surface area (Å²) in [7, 11) is 10.9. The second kappa shape index (κ2) is 6.80. The molecule has 0 fully saturated rings. The number of fused-ring (bicyclic) bond motifs is 1. The molecule has 6 nitrogen and oxygen atoms in total. The van der Waals surface area contributed by atoms with Crippen molar-refractivity contribution >= 4 is 38.1 Å². The second-order valence-corrected chi connectivity index (χ2v) is 3.54. The normalized spacial score (nSPS) is 9.95. The summed E-state index contributed by atoms with van der Waals surface area (Å²) in [6.07, 6.45) is 2.48. The van der Waals surface area contributed by atoms with Crippen LogP contribution in [-0.2, 0) is 0 Å². The molecule has 0 unspecified atom stereocenters. The van der Waals surface area contributed by atoms with Crippen molar-refractivity contribution in [1.29, 1.82) is 0 Å². The number of amides is 1. The van der Waals surface area contributed by atoms with Gasteiger partial charge in [0.1, 0.15) is 5.69 Å². The zero-order valence-corrected chi connectivity index (χ0v) is 13.7. The SMILES string of the molecule is [B]c1[c-]nc2c(C(=O)NCC)nn([B])c(=O)c2c1.[K+]. The van der Waals surface area contributed by atoms with Gasteiger partial charge in [0.05, 0.1) is 7.85 Å². The van der Waals surface area contributed by atoms with Crippen LogP contribution in [0.3, 0.4) is 0 Å². The summed E-state index contributed by atoms with van der Waals surface area (Å²) in [5.74, 6) is -0.465. The zero-order chi connectivity index (χ0) is 13.3. The zero-order valence-electron chi connectivity index (χ0n) is 10.6. The smallest absolute Gasteiger partial charge is 0.384 e. The maximum absolute atomic E-state index is 11.8. The monoisotopic (exact) mass is 276 g/mol. The Morgan fingerprint density at radius 3 is 2.89 bits per heavy atom. The molecule has 9 heteroatoms. The van der Waals surface area contributed by atoms with E-state index in [1.807, 2.05) is 0 Å². The molecule has 0 aromatic carbocycles. The van der Waals surface area contributed by atoms with Gasteiger partial charge in [-0.3, -0.25) is 14.2 Å². The number of carbonyl (C=O) groups excluding carboxylic acids is 1. The Morgan fingerprint density at radius 2 is 2.26 bits per heavy atom. The molecule has 0 atom stereocenters. The molecular formula is C10H7B2KN4O2. The van der Waals surface area contributed by atoms with Crippen molar-refractivity contribution in [3.05, 3.63) is 28.3 Å². The molecule has 86 valence electrons. The van der Waals surface area contributed by atoms with Crippen molar-refractivity contribution in [2.45, 2.75) is 6.92 Å². The first kappa shape index (κ1) is 16.6. The maximum Gasteiger partial charge on any atom is 1.00 e. The molecule has 4 radical (unpaired) electrons. The molecule has 1 N–H and O–H groups in total. The van der Waals surface area contributed by atoms with Gasteiger partial charge in [0.25, 0.3) is 13.9 Å². The molecule has 0 aliphatic carbocycles. The van der Waals surface area contributed by atoms with Crippen LogP contribution in [0.15, 0.2) is 10.9 Å². The topological polar surface area (TPSA) is 76.9 Å². The fraction of sp³-hybridized carbons (Fsp3) is 0.200. The Hall–Kier alpha value is -0.474. The molecule has 0 saturated heterocycles. The Bertz CT molecular complexity index is 689. The van der Waals surface area contributed by atoms with Crippen molar-refractivity contribution in [3.63, 3.8) is 0 Å². The molecule has 0 spiro atoms. The Morgan fingerprint density at radius 1 is 1.58 bits per heavy atom. The predicted molar refractivity (Wildman–Crippen MR) is 67.2 cm³/mol. The second-order valence-electron chi connectivity index (χ2n) is 3.54. The third kappa shape index (κ3) is 3.35. The van der Waals surface area contributed by atoms with E-state index in [-0.39, 0.29) is 73.4 Å². The van der Waals surface area contributed by atoms with Crippen LogP contribution in [0.5, 0.6) is 0 Å². The van der Waals surface area contributed by atoms with E-state index in [9.17, 15) is 9.59 Å². The molecule has 2 rings (SSSR count). The van der Waals surface area contributed by atoms with E-state index < -0.39 is 11.5 Å². The van der Waals surface area contributed by atoms with Crippen LogP contribution in [0.2, 0.25) is 0 Å². The van der Waals surface area contributed by atoms with Crippen molar-refractivity contribution < 1.29 is 56.2 Å². The average molecular weight is 276 g/mol. The fourth-order valence-corrected chi connectivity index (χ4v) is 1.50. The van der Waals surface area contributed by atoms with Gasteiger partial charge in [-0.2, -0.15) is 16.6 Å². The van der Waals surface area contributed by atoms with Gasteiger partial charge < -0.3 is 10.3 Å². The van der Waals surface area contributed by atoms with Crippen LogP contribution in [0.4, 0.5) is 0 Å². The quantitative estimate of drug-likeness (QED) is 0.440. The minimum atomic E-state index is -0.578. The molecule has 1 amide bonds. The van der Waals surface area contributed by atoms with Crippen LogP contribution in [0.25, 0.3) is 10.9 Å². The predicted octanol–water partition coefficient (Wildman–Crippen LogP) is -4.93. The maximum atomic E-state index is 11.8. The third-order valence-corrected chi connectivity index (χ3v) is 2.27. The van der Waals surface area contributed by atoms with Crippen LogP contribution in [0.1, 0.15) is 17.4 Å². The van der Waals surface area contributed by atoms with Gasteiger partial charge >= 0.3 is 51.4 Å². The number of nitrogens with one attached hydrogen (secondary N) is 1. The average Bonchev–Trinajstić information content (AvgIpc) is 2.34. The first-order valence-corrected chi connectivity index (χ1v) is 5.19. The first-order chi connectivity index (χ1) is 8.54. The van der Waals surface area contributed by atoms with E-state index >= 15 is 0 Å². The molecule has 2 aromatic heterocycles. The van der Waals surface area contributed by atoms with E-state index in [1.165, 1.54) is 6.07 Å². The molecular weight excluding hydrogens is 269 g/mol. The number of hydrogen-bond acceptors (Lipinski definition) is 4.